The van der Waals surface area contributed by atoms with Crippen LogP contribution in [-0.2, 0) is 16.4 Å². The number of rotatable bonds is 5. The lowest BCUT2D eigenvalue weighted by Crippen LogP contribution is -2.33. The second-order valence-electron chi connectivity index (χ2n) is 5.02. The molecule has 6 heteroatoms. The number of hydrogen-bond donors (Lipinski definition) is 2. The quantitative estimate of drug-likeness (QED) is 0.758. The van der Waals surface area contributed by atoms with Crippen LogP contribution < -0.4 is 4.72 Å². The Balaban J connectivity index is 1.76. The van der Waals surface area contributed by atoms with E-state index in [2.05, 4.69) is 9.71 Å². The molecule has 4 nitrogen and oxygen atoms in total. The molecule has 0 amide bonds. The van der Waals surface area contributed by atoms with Crippen molar-refractivity contribution in [3.8, 4) is 0 Å². The summed E-state index contributed by atoms with van der Waals surface area (Å²) >= 11 is 1.23. The predicted molar refractivity (Wildman–Crippen MR) is 86.1 cm³/mol. The molecular formula is C15H16N2O2S2. The summed E-state index contributed by atoms with van der Waals surface area (Å²) in [4.78, 5) is 3.21. The zero-order valence-electron chi connectivity index (χ0n) is 11.5. The summed E-state index contributed by atoms with van der Waals surface area (Å²) in [7, 11) is -3.41. The predicted octanol–water partition coefficient (Wildman–Crippen LogP) is 3.14. The van der Waals surface area contributed by atoms with Crippen LogP contribution in [0.3, 0.4) is 0 Å². The van der Waals surface area contributed by atoms with Gasteiger partial charge in [0.05, 0.1) is 0 Å². The molecule has 3 aromatic rings. The van der Waals surface area contributed by atoms with Gasteiger partial charge < -0.3 is 4.98 Å². The van der Waals surface area contributed by atoms with Gasteiger partial charge in [-0.3, -0.25) is 0 Å². The molecule has 3 rings (SSSR count). The summed E-state index contributed by atoms with van der Waals surface area (Å²) in [6, 6.07) is 11.2. The number of thiophene rings is 1. The van der Waals surface area contributed by atoms with Crippen LogP contribution in [0.1, 0.15) is 12.5 Å². The van der Waals surface area contributed by atoms with E-state index in [0.717, 1.165) is 16.5 Å². The van der Waals surface area contributed by atoms with Gasteiger partial charge in [-0.15, -0.1) is 11.3 Å². The number of aromatic nitrogens is 1. The van der Waals surface area contributed by atoms with Gasteiger partial charge in [-0.2, -0.15) is 0 Å². The van der Waals surface area contributed by atoms with Crippen molar-refractivity contribution < 1.29 is 8.42 Å². The molecule has 0 aliphatic heterocycles. The molecular weight excluding hydrogens is 304 g/mol. The minimum Gasteiger partial charge on any atom is -0.361 e. The van der Waals surface area contributed by atoms with Gasteiger partial charge in [-0.05, 0) is 36.4 Å². The van der Waals surface area contributed by atoms with Gasteiger partial charge in [-0.25, -0.2) is 13.1 Å². The third-order valence-electron chi connectivity index (χ3n) is 3.32. The topological polar surface area (TPSA) is 62.0 Å². The first-order valence-corrected chi connectivity index (χ1v) is 9.03. The van der Waals surface area contributed by atoms with Gasteiger partial charge in [-0.1, -0.05) is 24.3 Å². The molecule has 0 aliphatic carbocycles. The van der Waals surface area contributed by atoms with Crippen molar-refractivity contribution in [1.29, 1.82) is 0 Å². The maximum Gasteiger partial charge on any atom is 0.250 e. The number of fused-ring (bicyclic) bond motifs is 1. The van der Waals surface area contributed by atoms with Gasteiger partial charge in [0.15, 0.2) is 0 Å². The lowest BCUT2D eigenvalue weighted by Gasteiger charge is -2.12. The van der Waals surface area contributed by atoms with E-state index >= 15 is 0 Å². The fourth-order valence-corrected chi connectivity index (χ4v) is 4.66. The molecule has 0 saturated carbocycles. The average molecular weight is 320 g/mol. The molecule has 0 fully saturated rings. The van der Waals surface area contributed by atoms with Gasteiger partial charge in [0.2, 0.25) is 10.0 Å². The van der Waals surface area contributed by atoms with Crippen molar-refractivity contribution in [2.75, 3.05) is 0 Å². The Hall–Kier alpha value is -1.63. The van der Waals surface area contributed by atoms with Gasteiger partial charge in [0, 0.05) is 23.1 Å². The highest BCUT2D eigenvalue weighted by Crippen LogP contribution is 2.20. The maximum absolute atomic E-state index is 12.2. The fraction of sp³-hybridized carbons (Fsp3) is 0.200. The Bertz CT molecular complexity index is 836. The van der Waals surface area contributed by atoms with E-state index < -0.39 is 10.0 Å². The molecule has 2 heterocycles. The molecule has 1 aromatic carbocycles. The Morgan fingerprint density at radius 2 is 2.05 bits per heavy atom. The van der Waals surface area contributed by atoms with E-state index in [-0.39, 0.29) is 6.04 Å². The van der Waals surface area contributed by atoms with Crippen molar-refractivity contribution in [1.82, 2.24) is 9.71 Å². The molecule has 21 heavy (non-hydrogen) atoms. The molecule has 0 aliphatic rings. The van der Waals surface area contributed by atoms with Crippen LogP contribution in [0.5, 0.6) is 0 Å². The van der Waals surface area contributed by atoms with E-state index in [1.807, 2.05) is 37.4 Å². The van der Waals surface area contributed by atoms with Crippen LogP contribution in [0, 0.1) is 0 Å². The van der Waals surface area contributed by atoms with E-state index in [0.29, 0.717) is 10.6 Å². The minimum atomic E-state index is -3.41. The Kier molecular flexibility index (Phi) is 3.84. The molecule has 1 atom stereocenters. The number of benzene rings is 1. The van der Waals surface area contributed by atoms with Crippen LogP contribution in [0.2, 0.25) is 0 Å². The molecule has 110 valence electrons. The van der Waals surface area contributed by atoms with Crippen LogP contribution in [0.25, 0.3) is 10.9 Å². The number of para-hydroxylation sites is 1. The van der Waals surface area contributed by atoms with Crippen LogP contribution in [0.15, 0.2) is 52.2 Å². The highest BCUT2D eigenvalue weighted by Gasteiger charge is 2.19. The second-order valence-corrected chi connectivity index (χ2v) is 7.91. The molecule has 1 unspecified atom stereocenters. The van der Waals surface area contributed by atoms with E-state index in [1.54, 1.807) is 17.5 Å². The third kappa shape index (κ3) is 3.02. The smallest absolute Gasteiger partial charge is 0.250 e. The standard InChI is InChI=1S/C15H16N2O2S2/c1-11(17-21(18,19)15-7-4-8-20-15)9-12-10-16-14-6-3-2-5-13(12)14/h2-8,10-11,16-17H,9H2,1H3. The van der Waals surface area contributed by atoms with Gasteiger partial charge in [0.25, 0.3) is 0 Å². The summed E-state index contributed by atoms with van der Waals surface area (Å²) in [6.07, 6.45) is 2.59. The summed E-state index contributed by atoms with van der Waals surface area (Å²) in [5.41, 5.74) is 2.19. The lowest BCUT2D eigenvalue weighted by atomic mass is 10.1. The van der Waals surface area contributed by atoms with Crippen LogP contribution in [0.4, 0.5) is 0 Å². The summed E-state index contributed by atoms with van der Waals surface area (Å²) in [6.45, 7) is 1.88. The van der Waals surface area contributed by atoms with Crippen molar-refractivity contribution in [2.24, 2.45) is 0 Å². The number of hydrogen-bond acceptors (Lipinski definition) is 3. The second kappa shape index (κ2) is 5.63. The third-order valence-corrected chi connectivity index (χ3v) is 6.30. The van der Waals surface area contributed by atoms with Crippen molar-refractivity contribution in [3.63, 3.8) is 0 Å². The van der Waals surface area contributed by atoms with Crippen LogP contribution >= 0.6 is 11.3 Å². The number of nitrogens with one attached hydrogen (secondary N) is 2. The Morgan fingerprint density at radius 1 is 1.24 bits per heavy atom. The van der Waals surface area contributed by atoms with Crippen molar-refractivity contribution in [2.45, 2.75) is 23.6 Å². The number of sulfonamides is 1. The van der Waals surface area contributed by atoms with E-state index in [9.17, 15) is 8.42 Å². The molecule has 0 radical (unpaired) electrons. The molecule has 2 aromatic heterocycles. The summed E-state index contributed by atoms with van der Waals surface area (Å²) < 4.78 is 27.5. The molecule has 0 saturated heterocycles. The summed E-state index contributed by atoms with van der Waals surface area (Å²) in [5.74, 6) is 0. The lowest BCUT2D eigenvalue weighted by molar-refractivity contribution is 0.562. The number of H-pyrrole nitrogens is 1. The first kappa shape index (κ1) is 14.3. The molecule has 2 N–H and O–H groups in total. The fourth-order valence-electron chi connectivity index (χ4n) is 2.41. The Labute approximate surface area is 127 Å². The number of aromatic amines is 1. The highest BCUT2D eigenvalue weighted by atomic mass is 32.2. The maximum atomic E-state index is 12.2. The Morgan fingerprint density at radius 3 is 2.81 bits per heavy atom. The minimum absolute atomic E-state index is 0.170. The van der Waals surface area contributed by atoms with E-state index in [4.69, 9.17) is 0 Å². The largest absolute Gasteiger partial charge is 0.361 e. The zero-order chi connectivity index (χ0) is 14.9. The first-order valence-electron chi connectivity index (χ1n) is 6.67. The zero-order valence-corrected chi connectivity index (χ0v) is 13.2. The van der Waals surface area contributed by atoms with Gasteiger partial charge in [0.1, 0.15) is 4.21 Å². The van der Waals surface area contributed by atoms with Gasteiger partial charge >= 0.3 is 0 Å². The van der Waals surface area contributed by atoms with E-state index in [1.165, 1.54) is 11.3 Å². The van der Waals surface area contributed by atoms with Crippen molar-refractivity contribution in [3.05, 3.63) is 53.5 Å². The van der Waals surface area contributed by atoms with Crippen molar-refractivity contribution >= 4 is 32.3 Å². The highest BCUT2D eigenvalue weighted by molar-refractivity contribution is 7.91. The molecule has 0 spiro atoms. The normalized spacial score (nSPS) is 13.6. The first-order chi connectivity index (χ1) is 10.1. The molecule has 0 bridgehead atoms. The average Bonchev–Trinajstić information content (AvgIpc) is 3.08. The van der Waals surface area contributed by atoms with Crippen LogP contribution in [-0.4, -0.2) is 19.4 Å². The summed E-state index contributed by atoms with van der Waals surface area (Å²) in [5, 5.41) is 2.90. The monoisotopic (exact) mass is 320 g/mol. The SMILES string of the molecule is CC(Cc1c[nH]c2ccccc12)NS(=O)(=O)c1cccs1.